The first-order valence-corrected chi connectivity index (χ1v) is 5.12. The number of methoxy groups -OCH3 is 1. The number of aliphatic carboxylic acids is 1. The molecule has 0 radical (unpaired) electrons. The van der Waals surface area contributed by atoms with Crippen molar-refractivity contribution in [1.82, 2.24) is 0 Å². The number of carbonyl (C=O) groups is 1. The molecule has 0 saturated carbocycles. The fourth-order valence-electron chi connectivity index (χ4n) is 0.868. The molecular weight excluding hydrogens is 182 g/mol. The molecule has 0 aliphatic rings. The van der Waals surface area contributed by atoms with Crippen LogP contribution in [0.15, 0.2) is 0 Å². The van der Waals surface area contributed by atoms with Crippen molar-refractivity contribution in [3.63, 3.8) is 0 Å². The second kappa shape index (κ2) is 12.4. The topological polar surface area (TPSA) is 77.0 Å². The van der Waals surface area contributed by atoms with Gasteiger partial charge in [0.2, 0.25) is 0 Å². The van der Waals surface area contributed by atoms with Gasteiger partial charge in [-0.1, -0.05) is 13.8 Å². The molecular formula is C10H23NO3. The Bertz CT molecular complexity index is 121. The van der Waals surface area contributed by atoms with E-state index in [1.54, 1.807) is 7.11 Å². The van der Waals surface area contributed by atoms with Crippen LogP contribution < -0.4 is 10.8 Å². The van der Waals surface area contributed by atoms with Crippen molar-refractivity contribution in [2.24, 2.45) is 5.92 Å². The lowest BCUT2D eigenvalue weighted by Gasteiger charge is -2.11. The molecule has 0 aromatic rings. The molecule has 4 nitrogen and oxygen atoms in total. The van der Waals surface area contributed by atoms with Gasteiger partial charge in [-0.05, 0) is 18.8 Å². The Morgan fingerprint density at radius 2 is 1.93 bits per heavy atom. The summed E-state index contributed by atoms with van der Waals surface area (Å²) < 4.78 is 4.74. The maximum atomic E-state index is 10.1. The van der Waals surface area contributed by atoms with Gasteiger partial charge in [0.1, 0.15) is 0 Å². The summed E-state index contributed by atoms with van der Waals surface area (Å²) >= 11 is 0. The van der Waals surface area contributed by atoms with Crippen LogP contribution in [0.3, 0.4) is 0 Å². The van der Waals surface area contributed by atoms with Crippen LogP contribution in [0.2, 0.25) is 0 Å². The number of carboxylic acid groups (broad SMARTS) is 1. The number of rotatable bonds is 6. The van der Waals surface area contributed by atoms with Crippen LogP contribution in [0, 0.1) is 5.92 Å². The molecule has 86 valence electrons. The van der Waals surface area contributed by atoms with Crippen molar-refractivity contribution in [3.8, 4) is 0 Å². The van der Waals surface area contributed by atoms with Crippen LogP contribution in [0.4, 0.5) is 0 Å². The van der Waals surface area contributed by atoms with Crippen molar-refractivity contribution < 1.29 is 20.4 Å². The van der Waals surface area contributed by atoms with Gasteiger partial charge in [-0.25, -0.2) is 0 Å². The smallest absolute Gasteiger partial charge is 0.0762 e. The predicted octanol–water partition coefficient (Wildman–Crippen LogP) is -0.563. The minimum atomic E-state index is -0.921. The lowest BCUT2D eigenvalue weighted by atomic mass is 10.1. The first-order valence-electron chi connectivity index (χ1n) is 5.12. The van der Waals surface area contributed by atoms with E-state index in [0.29, 0.717) is 12.8 Å². The summed E-state index contributed by atoms with van der Waals surface area (Å²) in [6.45, 7) is 5.53. The molecule has 3 N–H and O–H groups in total. The summed E-state index contributed by atoms with van der Waals surface area (Å²) in [5.74, 6) is -1.16. The molecule has 0 heterocycles. The molecule has 0 aliphatic heterocycles. The highest BCUT2D eigenvalue weighted by Gasteiger charge is 2.01. The Hall–Kier alpha value is -0.610. The van der Waals surface area contributed by atoms with E-state index >= 15 is 0 Å². The Kier molecular flexibility index (Phi) is 14.0. The fraction of sp³-hybridized carbons (Fsp3) is 0.900. The molecule has 0 spiro atoms. The third kappa shape index (κ3) is 11.4. The van der Waals surface area contributed by atoms with E-state index in [1.165, 1.54) is 0 Å². The largest absolute Gasteiger partial charge is 0.550 e. The molecule has 0 aliphatic carbocycles. The van der Waals surface area contributed by atoms with Crippen LogP contribution in [0.1, 0.15) is 33.1 Å². The molecule has 0 bridgehead atoms. The maximum Gasteiger partial charge on any atom is 0.0762 e. The van der Waals surface area contributed by atoms with Crippen LogP contribution >= 0.6 is 0 Å². The molecule has 0 amide bonds. The Balaban J connectivity index is 0. The standard InChI is InChI=1S/C6H12O2.C4H11NO/c1-3-5(4-2)6(7)8;1-6-4-2-3-5/h5H,3-4H2,1-2H3,(H,7,8);2-5H2,1H3. The number of ether oxygens (including phenoxy) is 1. The molecule has 0 rings (SSSR count). The summed E-state index contributed by atoms with van der Waals surface area (Å²) in [6.07, 6.45) is 2.44. The number of hydrogen-bond donors (Lipinski definition) is 1. The molecule has 4 heteroatoms. The van der Waals surface area contributed by atoms with Crippen LogP contribution in [0.5, 0.6) is 0 Å². The van der Waals surface area contributed by atoms with E-state index in [1.807, 2.05) is 13.8 Å². The Morgan fingerprint density at radius 3 is 2.00 bits per heavy atom. The summed E-state index contributed by atoms with van der Waals surface area (Å²) in [6, 6.07) is 0. The Labute approximate surface area is 86.4 Å². The lowest BCUT2D eigenvalue weighted by Crippen LogP contribution is -2.50. The molecule has 14 heavy (non-hydrogen) atoms. The number of carboxylic acids is 1. The fourth-order valence-corrected chi connectivity index (χ4v) is 0.868. The summed E-state index contributed by atoms with van der Waals surface area (Å²) in [5.41, 5.74) is 3.64. The number of hydrogen-bond acceptors (Lipinski definition) is 3. The quantitative estimate of drug-likeness (QED) is 0.590. The SMILES string of the molecule is CCC(CC)C(=O)[O-].COCCC[NH3+]. The maximum absolute atomic E-state index is 10.1. The molecule has 0 fully saturated rings. The van der Waals surface area contributed by atoms with Crippen LogP contribution in [-0.4, -0.2) is 26.2 Å². The van der Waals surface area contributed by atoms with Gasteiger partial charge in [0.15, 0.2) is 0 Å². The van der Waals surface area contributed by atoms with Crippen molar-refractivity contribution in [2.75, 3.05) is 20.3 Å². The minimum absolute atomic E-state index is 0.241. The highest BCUT2D eigenvalue weighted by Crippen LogP contribution is 2.04. The van der Waals surface area contributed by atoms with Crippen molar-refractivity contribution in [3.05, 3.63) is 0 Å². The second-order valence-electron chi connectivity index (χ2n) is 3.03. The van der Waals surface area contributed by atoms with E-state index in [2.05, 4.69) is 5.73 Å². The van der Waals surface area contributed by atoms with E-state index < -0.39 is 5.97 Å². The highest BCUT2D eigenvalue weighted by molar-refractivity contribution is 5.67. The first-order chi connectivity index (χ1) is 6.63. The molecule has 0 unspecified atom stereocenters. The van der Waals surface area contributed by atoms with Gasteiger partial charge in [-0.3, -0.25) is 0 Å². The van der Waals surface area contributed by atoms with E-state index in [9.17, 15) is 9.90 Å². The molecule has 0 saturated heterocycles. The summed E-state index contributed by atoms with van der Waals surface area (Å²) in [4.78, 5) is 10.1. The summed E-state index contributed by atoms with van der Waals surface area (Å²) in [5, 5.41) is 10.1. The normalized spacial score (nSPS) is 9.50. The zero-order chi connectivity index (χ0) is 11.4. The number of quaternary nitrogens is 1. The molecule has 0 aromatic carbocycles. The Morgan fingerprint density at radius 1 is 1.43 bits per heavy atom. The van der Waals surface area contributed by atoms with Gasteiger partial charge in [-0.15, -0.1) is 0 Å². The van der Waals surface area contributed by atoms with Gasteiger partial charge in [0, 0.05) is 19.5 Å². The van der Waals surface area contributed by atoms with Crippen molar-refractivity contribution in [2.45, 2.75) is 33.1 Å². The lowest BCUT2D eigenvalue weighted by molar-refractivity contribution is -0.369. The minimum Gasteiger partial charge on any atom is -0.550 e. The average Bonchev–Trinajstić information content (AvgIpc) is 2.17. The molecule has 0 aromatic heterocycles. The van der Waals surface area contributed by atoms with E-state index in [4.69, 9.17) is 4.74 Å². The molecule has 0 atom stereocenters. The monoisotopic (exact) mass is 205 g/mol. The summed E-state index contributed by atoms with van der Waals surface area (Å²) in [7, 11) is 1.70. The average molecular weight is 205 g/mol. The van der Waals surface area contributed by atoms with Gasteiger partial charge in [0.25, 0.3) is 0 Å². The third-order valence-electron chi connectivity index (χ3n) is 1.92. The van der Waals surface area contributed by atoms with Gasteiger partial charge < -0.3 is 20.4 Å². The number of carbonyl (C=O) groups excluding carboxylic acids is 1. The van der Waals surface area contributed by atoms with Gasteiger partial charge >= 0.3 is 0 Å². The van der Waals surface area contributed by atoms with Crippen LogP contribution in [-0.2, 0) is 9.53 Å². The third-order valence-corrected chi connectivity index (χ3v) is 1.92. The first kappa shape index (κ1) is 15.8. The zero-order valence-corrected chi connectivity index (χ0v) is 9.54. The van der Waals surface area contributed by atoms with E-state index in [-0.39, 0.29) is 5.92 Å². The zero-order valence-electron chi connectivity index (χ0n) is 9.54. The van der Waals surface area contributed by atoms with Crippen LogP contribution in [0.25, 0.3) is 0 Å². The highest BCUT2D eigenvalue weighted by atomic mass is 16.5. The van der Waals surface area contributed by atoms with Crippen molar-refractivity contribution in [1.29, 1.82) is 0 Å². The van der Waals surface area contributed by atoms with Crippen molar-refractivity contribution >= 4 is 5.97 Å². The predicted molar refractivity (Wildman–Crippen MR) is 53.3 cm³/mol. The van der Waals surface area contributed by atoms with Gasteiger partial charge in [-0.2, -0.15) is 0 Å². The second-order valence-corrected chi connectivity index (χ2v) is 3.03. The van der Waals surface area contributed by atoms with E-state index in [0.717, 1.165) is 19.6 Å². The van der Waals surface area contributed by atoms with Gasteiger partial charge in [0.05, 0.1) is 13.2 Å².